The van der Waals surface area contributed by atoms with Crippen LogP contribution in [0.2, 0.25) is 10.0 Å². The maximum atomic E-state index is 12.3. The molecule has 0 aromatic heterocycles. The number of carbonyl (C=O) groups is 1. The molecule has 0 radical (unpaired) electrons. The Labute approximate surface area is 188 Å². The Morgan fingerprint density at radius 1 is 1.07 bits per heavy atom. The zero-order valence-corrected chi connectivity index (χ0v) is 19.1. The van der Waals surface area contributed by atoms with Crippen LogP contribution < -0.4 is 5.32 Å². The summed E-state index contributed by atoms with van der Waals surface area (Å²) < 4.78 is 0. The van der Waals surface area contributed by atoms with Gasteiger partial charge in [-0.05, 0) is 67.2 Å². The van der Waals surface area contributed by atoms with Gasteiger partial charge in [0.15, 0.2) is 0 Å². The molecule has 156 valence electrons. The lowest BCUT2D eigenvalue weighted by atomic mass is 9.99. The van der Waals surface area contributed by atoms with Crippen LogP contribution in [-0.2, 0) is 12.3 Å². The number of nitrogens with one attached hydrogen (secondary N) is 1. The molecule has 0 saturated carbocycles. The second-order valence-corrected chi connectivity index (χ2v) is 9.63. The minimum absolute atomic E-state index is 0.0153. The highest BCUT2D eigenvalue weighted by molar-refractivity contribution is 7.98. The maximum Gasteiger partial charge on any atom is 0.251 e. The summed E-state index contributed by atoms with van der Waals surface area (Å²) in [6.07, 6.45) is 2.56. The van der Waals surface area contributed by atoms with E-state index in [-0.39, 0.29) is 5.91 Å². The summed E-state index contributed by atoms with van der Waals surface area (Å²) in [6.45, 7) is 6.28. The van der Waals surface area contributed by atoms with Gasteiger partial charge in [-0.15, -0.1) is 0 Å². The molecule has 0 unspecified atom stereocenters. The summed E-state index contributed by atoms with van der Waals surface area (Å²) in [6, 6.07) is 13.7. The molecule has 1 aliphatic heterocycles. The van der Waals surface area contributed by atoms with Gasteiger partial charge >= 0.3 is 0 Å². The predicted molar refractivity (Wildman–Crippen MR) is 125 cm³/mol. The van der Waals surface area contributed by atoms with Crippen molar-refractivity contribution in [3.05, 3.63) is 69.2 Å². The molecule has 2 aromatic rings. The summed E-state index contributed by atoms with van der Waals surface area (Å²) >= 11 is 13.7. The first kappa shape index (κ1) is 22.5. The molecule has 0 spiro atoms. The third-order valence-electron chi connectivity index (χ3n) is 5.28. The molecule has 0 aliphatic carbocycles. The Kier molecular flexibility index (Phi) is 8.73. The van der Waals surface area contributed by atoms with Crippen molar-refractivity contribution in [2.24, 2.45) is 5.92 Å². The smallest absolute Gasteiger partial charge is 0.251 e. The lowest BCUT2D eigenvalue weighted by Crippen LogP contribution is -2.32. The maximum absolute atomic E-state index is 12.3. The Morgan fingerprint density at radius 3 is 2.45 bits per heavy atom. The molecule has 1 N–H and O–H groups in total. The summed E-state index contributed by atoms with van der Waals surface area (Å²) in [5.41, 5.74) is 3.12. The molecule has 3 nitrogen and oxygen atoms in total. The first-order valence-corrected chi connectivity index (χ1v) is 12.0. The minimum Gasteiger partial charge on any atom is -0.351 e. The molecule has 1 amide bonds. The van der Waals surface area contributed by atoms with Crippen molar-refractivity contribution in [1.82, 2.24) is 10.2 Å². The molecule has 29 heavy (non-hydrogen) atoms. The van der Waals surface area contributed by atoms with Crippen LogP contribution in [0.5, 0.6) is 0 Å². The third-order valence-corrected chi connectivity index (χ3v) is 7.05. The minimum atomic E-state index is -0.0153. The van der Waals surface area contributed by atoms with E-state index >= 15 is 0 Å². The van der Waals surface area contributed by atoms with E-state index in [9.17, 15) is 4.79 Å². The van der Waals surface area contributed by atoms with Crippen LogP contribution >= 0.6 is 35.0 Å². The summed E-state index contributed by atoms with van der Waals surface area (Å²) in [4.78, 5) is 14.8. The molecule has 1 saturated heterocycles. The average Bonchev–Trinajstić information content (AvgIpc) is 2.72. The number of piperidine rings is 1. The van der Waals surface area contributed by atoms with Gasteiger partial charge in [-0.2, -0.15) is 11.8 Å². The first-order valence-electron chi connectivity index (χ1n) is 10.1. The molecule has 6 heteroatoms. The van der Waals surface area contributed by atoms with E-state index in [1.807, 2.05) is 30.3 Å². The van der Waals surface area contributed by atoms with Crippen molar-refractivity contribution < 1.29 is 4.79 Å². The summed E-state index contributed by atoms with van der Waals surface area (Å²) in [7, 11) is 0. The van der Waals surface area contributed by atoms with Gasteiger partial charge in [0.1, 0.15) is 0 Å². The number of rotatable bonds is 8. The fraction of sp³-hybridized carbons (Fsp3) is 0.435. The predicted octanol–water partition coefficient (Wildman–Crippen LogP) is 5.89. The highest BCUT2D eigenvalue weighted by Crippen LogP contribution is 2.24. The average molecular weight is 451 g/mol. The van der Waals surface area contributed by atoms with Crippen LogP contribution in [0, 0.1) is 5.92 Å². The van der Waals surface area contributed by atoms with Crippen molar-refractivity contribution in [1.29, 1.82) is 0 Å². The van der Waals surface area contributed by atoms with E-state index in [1.54, 1.807) is 11.8 Å². The third kappa shape index (κ3) is 7.21. The molecule has 1 fully saturated rings. The van der Waals surface area contributed by atoms with Gasteiger partial charge in [-0.3, -0.25) is 9.69 Å². The Balaban J connectivity index is 1.36. The molecule has 1 heterocycles. The van der Waals surface area contributed by atoms with Gasteiger partial charge in [-0.25, -0.2) is 0 Å². The van der Waals surface area contributed by atoms with Crippen LogP contribution in [0.15, 0.2) is 42.5 Å². The monoisotopic (exact) mass is 450 g/mol. The Morgan fingerprint density at radius 2 is 1.76 bits per heavy atom. The Bertz CT molecular complexity index is 805. The number of likely N-dealkylation sites (tertiary alicyclic amines) is 1. The number of halogens is 2. The number of nitrogens with zero attached hydrogens (tertiary/aromatic N) is 1. The number of benzene rings is 2. The van der Waals surface area contributed by atoms with Crippen LogP contribution in [0.4, 0.5) is 0 Å². The fourth-order valence-corrected chi connectivity index (χ4v) is 4.52. The van der Waals surface area contributed by atoms with Gasteiger partial charge < -0.3 is 5.32 Å². The van der Waals surface area contributed by atoms with Crippen LogP contribution in [0.3, 0.4) is 0 Å². The quantitative estimate of drug-likeness (QED) is 0.508. The highest BCUT2D eigenvalue weighted by Gasteiger charge is 2.15. The largest absolute Gasteiger partial charge is 0.351 e. The van der Waals surface area contributed by atoms with Crippen molar-refractivity contribution in [2.45, 2.75) is 32.1 Å². The van der Waals surface area contributed by atoms with Crippen molar-refractivity contribution in [2.75, 3.05) is 25.4 Å². The normalized spacial score (nSPS) is 15.4. The van der Waals surface area contributed by atoms with Crippen LogP contribution in [0.25, 0.3) is 0 Å². The SMILES string of the molecule is CC1CCN(Cc2ccc(C(=O)NCCSCc3ccc(Cl)c(Cl)c3)cc2)CC1. The molecule has 0 bridgehead atoms. The van der Waals surface area contributed by atoms with Gasteiger partial charge in [0, 0.05) is 30.2 Å². The zero-order chi connectivity index (χ0) is 20.6. The second kappa shape index (κ2) is 11.3. The van der Waals surface area contributed by atoms with E-state index in [0.717, 1.165) is 35.1 Å². The van der Waals surface area contributed by atoms with E-state index in [4.69, 9.17) is 23.2 Å². The number of hydrogen-bond acceptors (Lipinski definition) is 3. The fourth-order valence-electron chi connectivity index (χ4n) is 3.40. The van der Waals surface area contributed by atoms with E-state index in [1.165, 1.54) is 31.5 Å². The standard InChI is InChI=1S/C23H28Cl2N2OS/c1-17-8-11-27(12-9-17)15-18-2-5-20(6-3-18)23(28)26-10-13-29-16-19-4-7-21(24)22(25)14-19/h2-7,14,17H,8-13,15-16H2,1H3,(H,26,28). The number of carbonyl (C=O) groups excluding carboxylic acids is 1. The van der Waals surface area contributed by atoms with E-state index in [0.29, 0.717) is 16.6 Å². The van der Waals surface area contributed by atoms with Gasteiger partial charge in [0.05, 0.1) is 10.0 Å². The lowest BCUT2D eigenvalue weighted by molar-refractivity contribution is 0.0956. The van der Waals surface area contributed by atoms with Crippen molar-refractivity contribution in [3.8, 4) is 0 Å². The molecular formula is C23H28Cl2N2OS. The van der Waals surface area contributed by atoms with E-state index < -0.39 is 0 Å². The number of thioether (sulfide) groups is 1. The zero-order valence-electron chi connectivity index (χ0n) is 16.8. The first-order chi connectivity index (χ1) is 14.0. The second-order valence-electron chi connectivity index (χ2n) is 7.71. The number of amides is 1. The van der Waals surface area contributed by atoms with E-state index in [2.05, 4.69) is 29.3 Å². The molecule has 3 rings (SSSR count). The van der Waals surface area contributed by atoms with Gasteiger partial charge in [0.25, 0.3) is 5.91 Å². The molecule has 2 aromatic carbocycles. The Hall–Kier alpha value is -1.20. The molecular weight excluding hydrogens is 423 g/mol. The van der Waals surface area contributed by atoms with Crippen molar-refractivity contribution >= 4 is 40.9 Å². The van der Waals surface area contributed by atoms with Crippen LogP contribution in [-0.4, -0.2) is 36.2 Å². The number of hydrogen-bond donors (Lipinski definition) is 1. The lowest BCUT2D eigenvalue weighted by Gasteiger charge is -2.30. The molecule has 1 aliphatic rings. The van der Waals surface area contributed by atoms with Gasteiger partial charge in [-0.1, -0.05) is 48.3 Å². The molecule has 0 atom stereocenters. The highest BCUT2D eigenvalue weighted by atomic mass is 35.5. The topological polar surface area (TPSA) is 32.3 Å². The van der Waals surface area contributed by atoms with Crippen LogP contribution in [0.1, 0.15) is 41.3 Å². The summed E-state index contributed by atoms with van der Waals surface area (Å²) in [5, 5.41) is 4.15. The van der Waals surface area contributed by atoms with Gasteiger partial charge in [0.2, 0.25) is 0 Å². The summed E-state index contributed by atoms with van der Waals surface area (Å²) in [5.74, 6) is 2.52. The van der Waals surface area contributed by atoms with Crippen molar-refractivity contribution in [3.63, 3.8) is 0 Å².